The van der Waals surface area contributed by atoms with Crippen molar-refractivity contribution in [2.75, 3.05) is 13.1 Å². The van der Waals surface area contributed by atoms with Crippen molar-refractivity contribution in [3.8, 4) is 17.5 Å². The molecular weight excluding hydrogens is 480 g/mol. The number of halogens is 1. The molecule has 0 spiro atoms. The summed E-state index contributed by atoms with van der Waals surface area (Å²) >= 11 is 7.66. The summed E-state index contributed by atoms with van der Waals surface area (Å²) in [7, 11) is 0. The molecule has 6 nitrogen and oxygen atoms in total. The van der Waals surface area contributed by atoms with Gasteiger partial charge in [-0.25, -0.2) is 0 Å². The van der Waals surface area contributed by atoms with Crippen LogP contribution >= 0.6 is 22.9 Å². The molecule has 1 aliphatic heterocycles. The highest BCUT2D eigenvalue weighted by molar-refractivity contribution is 7.17. The SMILES string of the molecule is Oc1c([C@@H](c2ccc(Cl)cc2)N2CCC(Cc3ccccc3)CC2)sc2nc(-c3ccco3)nn12. The Bertz CT molecular complexity index is 1410. The van der Waals surface area contributed by atoms with E-state index in [0.29, 0.717) is 27.5 Å². The molecule has 0 radical (unpaired) electrons. The Labute approximate surface area is 212 Å². The van der Waals surface area contributed by atoms with E-state index in [0.717, 1.165) is 42.8 Å². The van der Waals surface area contributed by atoms with Crippen LogP contribution in [0.4, 0.5) is 0 Å². The number of aromatic hydroxyl groups is 1. The molecule has 35 heavy (non-hydrogen) atoms. The largest absolute Gasteiger partial charge is 0.492 e. The Balaban J connectivity index is 1.29. The zero-order chi connectivity index (χ0) is 23.8. The summed E-state index contributed by atoms with van der Waals surface area (Å²) in [4.78, 5) is 8.55. The molecule has 3 aromatic heterocycles. The van der Waals surface area contributed by atoms with Crippen molar-refractivity contribution in [2.45, 2.75) is 25.3 Å². The van der Waals surface area contributed by atoms with Gasteiger partial charge in [0.1, 0.15) is 0 Å². The monoisotopic (exact) mass is 504 g/mol. The van der Waals surface area contributed by atoms with Crippen molar-refractivity contribution < 1.29 is 9.52 Å². The molecule has 2 aromatic carbocycles. The van der Waals surface area contributed by atoms with Gasteiger partial charge in [-0.2, -0.15) is 9.50 Å². The minimum absolute atomic E-state index is 0.0921. The molecule has 0 aliphatic carbocycles. The first-order valence-electron chi connectivity index (χ1n) is 11.8. The van der Waals surface area contributed by atoms with Crippen LogP contribution in [0.1, 0.15) is 34.9 Å². The third kappa shape index (κ3) is 4.47. The fourth-order valence-electron chi connectivity index (χ4n) is 4.97. The molecule has 0 saturated carbocycles. The van der Waals surface area contributed by atoms with Crippen LogP contribution in [-0.2, 0) is 6.42 Å². The van der Waals surface area contributed by atoms with E-state index < -0.39 is 0 Å². The van der Waals surface area contributed by atoms with Gasteiger partial charge in [0.15, 0.2) is 5.76 Å². The van der Waals surface area contributed by atoms with Crippen LogP contribution < -0.4 is 0 Å². The Kier molecular flexibility index (Phi) is 6.06. The summed E-state index contributed by atoms with van der Waals surface area (Å²) in [5.41, 5.74) is 2.50. The fraction of sp³-hybridized carbons (Fsp3) is 0.259. The Hall–Kier alpha value is -3.13. The maximum absolute atomic E-state index is 11.3. The molecule has 0 bridgehead atoms. The molecule has 1 N–H and O–H groups in total. The van der Waals surface area contributed by atoms with Gasteiger partial charge in [-0.1, -0.05) is 65.4 Å². The lowest BCUT2D eigenvalue weighted by Crippen LogP contribution is -2.37. The van der Waals surface area contributed by atoms with Crippen LogP contribution in [-0.4, -0.2) is 37.7 Å². The molecule has 0 unspecified atom stereocenters. The summed E-state index contributed by atoms with van der Waals surface area (Å²) in [5, 5.41) is 16.5. The van der Waals surface area contributed by atoms with Gasteiger partial charge in [0.05, 0.1) is 17.2 Å². The van der Waals surface area contributed by atoms with Crippen LogP contribution in [0.25, 0.3) is 16.5 Å². The van der Waals surface area contributed by atoms with Crippen LogP contribution in [0.5, 0.6) is 5.88 Å². The normalized spacial score (nSPS) is 16.1. The maximum Gasteiger partial charge on any atom is 0.230 e. The second-order valence-corrected chi connectivity index (χ2v) is 10.5. The van der Waals surface area contributed by atoms with Gasteiger partial charge in [-0.15, -0.1) is 5.10 Å². The highest BCUT2D eigenvalue weighted by Gasteiger charge is 2.32. The smallest absolute Gasteiger partial charge is 0.230 e. The molecule has 1 fully saturated rings. The van der Waals surface area contributed by atoms with E-state index in [2.05, 4.69) is 45.3 Å². The summed E-state index contributed by atoms with van der Waals surface area (Å²) in [5.74, 6) is 1.83. The number of thiazole rings is 1. The first-order chi connectivity index (χ1) is 17.2. The highest BCUT2D eigenvalue weighted by Crippen LogP contribution is 2.42. The number of likely N-dealkylation sites (tertiary alicyclic amines) is 1. The van der Waals surface area contributed by atoms with Crippen LogP contribution in [0.3, 0.4) is 0 Å². The minimum Gasteiger partial charge on any atom is -0.492 e. The Morgan fingerprint density at radius 3 is 2.49 bits per heavy atom. The average molecular weight is 505 g/mol. The predicted molar refractivity (Wildman–Crippen MR) is 138 cm³/mol. The first kappa shape index (κ1) is 22.3. The van der Waals surface area contributed by atoms with Gasteiger partial charge in [0.2, 0.25) is 16.7 Å². The van der Waals surface area contributed by atoms with Crippen molar-refractivity contribution in [1.29, 1.82) is 0 Å². The zero-order valence-corrected chi connectivity index (χ0v) is 20.6. The first-order valence-corrected chi connectivity index (χ1v) is 13.0. The van der Waals surface area contributed by atoms with E-state index in [1.165, 1.54) is 21.4 Å². The van der Waals surface area contributed by atoms with Gasteiger partial charge in [-0.3, -0.25) is 4.90 Å². The quantitative estimate of drug-likeness (QED) is 0.287. The Morgan fingerprint density at radius 2 is 1.80 bits per heavy atom. The van der Waals surface area contributed by atoms with Gasteiger partial charge in [0.25, 0.3) is 0 Å². The molecule has 6 rings (SSSR count). The van der Waals surface area contributed by atoms with Crippen molar-refractivity contribution in [1.82, 2.24) is 19.5 Å². The Morgan fingerprint density at radius 1 is 1.03 bits per heavy atom. The highest BCUT2D eigenvalue weighted by atomic mass is 35.5. The average Bonchev–Trinajstić information content (AvgIpc) is 3.61. The van der Waals surface area contributed by atoms with Crippen molar-refractivity contribution in [3.05, 3.63) is 94.0 Å². The van der Waals surface area contributed by atoms with E-state index in [1.807, 2.05) is 30.3 Å². The number of hydrogen-bond acceptors (Lipinski definition) is 6. The lowest BCUT2D eigenvalue weighted by Gasteiger charge is -2.37. The molecule has 1 aliphatic rings. The molecule has 4 heterocycles. The fourth-order valence-corrected chi connectivity index (χ4v) is 6.22. The van der Waals surface area contributed by atoms with Gasteiger partial charge in [-0.05, 0) is 73.7 Å². The minimum atomic E-state index is -0.0921. The van der Waals surface area contributed by atoms with E-state index in [9.17, 15) is 5.11 Å². The molecule has 1 atom stereocenters. The van der Waals surface area contributed by atoms with Crippen molar-refractivity contribution in [3.63, 3.8) is 0 Å². The lowest BCUT2D eigenvalue weighted by molar-refractivity contribution is 0.150. The van der Waals surface area contributed by atoms with Crippen LogP contribution in [0, 0.1) is 5.92 Å². The topological polar surface area (TPSA) is 66.8 Å². The van der Waals surface area contributed by atoms with Crippen LogP contribution in [0.15, 0.2) is 77.4 Å². The second kappa shape index (κ2) is 9.49. The second-order valence-electron chi connectivity index (χ2n) is 9.02. The molecular formula is C27H25ClN4O2S. The number of piperidine rings is 1. The molecule has 8 heteroatoms. The van der Waals surface area contributed by atoms with Gasteiger partial charge < -0.3 is 9.52 Å². The van der Waals surface area contributed by atoms with Gasteiger partial charge >= 0.3 is 0 Å². The number of aromatic nitrogens is 3. The van der Waals surface area contributed by atoms with Crippen molar-refractivity contribution in [2.24, 2.45) is 5.92 Å². The predicted octanol–water partition coefficient (Wildman–Crippen LogP) is 6.45. The molecule has 5 aromatic rings. The lowest BCUT2D eigenvalue weighted by atomic mass is 9.89. The number of nitrogens with zero attached hydrogens (tertiary/aromatic N) is 4. The van der Waals surface area contributed by atoms with E-state index >= 15 is 0 Å². The summed E-state index contributed by atoms with van der Waals surface area (Å²) in [6, 6.07) is 22.2. The summed E-state index contributed by atoms with van der Waals surface area (Å²) < 4.78 is 6.95. The molecule has 1 saturated heterocycles. The number of furan rings is 1. The third-order valence-electron chi connectivity index (χ3n) is 6.76. The molecule has 178 valence electrons. The number of benzene rings is 2. The zero-order valence-electron chi connectivity index (χ0n) is 19.0. The van der Waals surface area contributed by atoms with Gasteiger partial charge in [0, 0.05) is 5.02 Å². The van der Waals surface area contributed by atoms with Crippen LogP contribution in [0.2, 0.25) is 5.02 Å². The summed E-state index contributed by atoms with van der Waals surface area (Å²) in [6.45, 7) is 1.91. The van der Waals surface area contributed by atoms with Crippen molar-refractivity contribution >= 4 is 27.9 Å². The van der Waals surface area contributed by atoms with E-state index in [1.54, 1.807) is 12.3 Å². The standard InChI is InChI=1S/C27H25ClN4O2S/c28-21-10-8-20(9-11-21)23(31-14-12-19(13-15-31)17-18-5-2-1-3-6-18)24-26(33)32-27(35-24)29-25(30-32)22-7-4-16-34-22/h1-11,16,19,23,33H,12-15,17H2/t23-/m1/s1. The summed E-state index contributed by atoms with van der Waals surface area (Å²) in [6.07, 6.45) is 4.93. The number of fused-ring (bicyclic) bond motifs is 1. The number of hydrogen-bond donors (Lipinski definition) is 1. The molecule has 0 amide bonds. The maximum atomic E-state index is 11.3. The third-order valence-corrected chi connectivity index (χ3v) is 8.08. The van der Waals surface area contributed by atoms with E-state index in [4.69, 9.17) is 16.0 Å². The van der Waals surface area contributed by atoms with E-state index in [-0.39, 0.29) is 11.9 Å². The number of rotatable bonds is 6.